The van der Waals surface area contributed by atoms with Crippen molar-refractivity contribution in [2.45, 2.75) is 90.8 Å². The fourth-order valence-corrected chi connectivity index (χ4v) is 4.33. The Morgan fingerprint density at radius 1 is 0.958 bits per heavy atom. The molecule has 24 heavy (non-hydrogen) atoms. The number of unbranched alkanes of at least 4 members (excludes halogenated alkanes) is 3. The van der Waals surface area contributed by atoms with Gasteiger partial charge in [0.15, 0.2) is 6.29 Å². The molecule has 0 N–H and O–H groups in total. The van der Waals surface area contributed by atoms with Crippen molar-refractivity contribution in [1.29, 1.82) is 5.26 Å². The van der Waals surface area contributed by atoms with E-state index in [2.05, 4.69) is 19.9 Å². The Balaban J connectivity index is 1.68. The molecular formula is C21H37NO2. The number of nitriles is 1. The average Bonchev–Trinajstić information content (AvgIpc) is 2.64. The SMILES string of the molecule is CCCCCC(C#N)C1CCC(C2OCC(CCCC)CO2)CC1. The lowest BCUT2D eigenvalue weighted by molar-refractivity contribution is -0.230. The van der Waals surface area contributed by atoms with E-state index in [1.54, 1.807) is 0 Å². The van der Waals surface area contributed by atoms with E-state index in [1.807, 2.05) is 0 Å². The van der Waals surface area contributed by atoms with Crippen LogP contribution in [0.25, 0.3) is 0 Å². The fraction of sp³-hybridized carbons (Fsp3) is 0.952. The van der Waals surface area contributed by atoms with Gasteiger partial charge < -0.3 is 9.47 Å². The van der Waals surface area contributed by atoms with Gasteiger partial charge in [-0.15, -0.1) is 0 Å². The number of hydrogen-bond donors (Lipinski definition) is 0. The summed E-state index contributed by atoms with van der Waals surface area (Å²) in [4.78, 5) is 0. The summed E-state index contributed by atoms with van der Waals surface area (Å²) in [6, 6.07) is 2.59. The predicted molar refractivity (Wildman–Crippen MR) is 97.4 cm³/mol. The molecule has 0 bridgehead atoms. The molecule has 1 heterocycles. The number of hydrogen-bond acceptors (Lipinski definition) is 3. The monoisotopic (exact) mass is 335 g/mol. The maximum absolute atomic E-state index is 9.49. The smallest absolute Gasteiger partial charge is 0.160 e. The highest BCUT2D eigenvalue weighted by atomic mass is 16.7. The molecule has 2 rings (SSSR count). The second-order valence-corrected chi connectivity index (χ2v) is 7.95. The van der Waals surface area contributed by atoms with E-state index < -0.39 is 0 Å². The van der Waals surface area contributed by atoms with Gasteiger partial charge in [0, 0.05) is 17.8 Å². The molecule has 1 saturated heterocycles. The van der Waals surface area contributed by atoms with E-state index in [9.17, 15) is 5.26 Å². The largest absolute Gasteiger partial charge is 0.352 e. The summed E-state index contributed by atoms with van der Waals surface area (Å²) in [5, 5.41) is 9.49. The van der Waals surface area contributed by atoms with Crippen LogP contribution in [0.15, 0.2) is 0 Å². The first-order valence-electron chi connectivity index (χ1n) is 10.4. The minimum Gasteiger partial charge on any atom is -0.352 e. The van der Waals surface area contributed by atoms with Gasteiger partial charge in [-0.3, -0.25) is 0 Å². The lowest BCUT2D eigenvalue weighted by Crippen LogP contribution is -2.39. The van der Waals surface area contributed by atoms with Crippen LogP contribution < -0.4 is 0 Å². The second kappa shape index (κ2) is 11.1. The maximum atomic E-state index is 9.49. The van der Waals surface area contributed by atoms with Crippen LogP contribution in [0, 0.1) is 35.0 Å². The van der Waals surface area contributed by atoms with Gasteiger partial charge >= 0.3 is 0 Å². The summed E-state index contributed by atoms with van der Waals surface area (Å²) >= 11 is 0. The lowest BCUT2D eigenvalue weighted by atomic mass is 9.74. The molecule has 0 aromatic rings. The van der Waals surface area contributed by atoms with Crippen molar-refractivity contribution < 1.29 is 9.47 Å². The summed E-state index contributed by atoms with van der Waals surface area (Å²) in [6.07, 6.45) is 13.3. The first-order valence-corrected chi connectivity index (χ1v) is 10.4. The molecule has 1 aliphatic carbocycles. The summed E-state index contributed by atoms with van der Waals surface area (Å²) < 4.78 is 12.1. The van der Waals surface area contributed by atoms with Gasteiger partial charge in [0.25, 0.3) is 0 Å². The fourth-order valence-electron chi connectivity index (χ4n) is 4.33. The van der Waals surface area contributed by atoms with Crippen molar-refractivity contribution in [3.8, 4) is 6.07 Å². The van der Waals surface area contributed by atoms with Crippen LogP contribution in [0.2, 0.25) is 0 Å². The molecule has 1 unspecified atom stereocenters. The van der Waals surface area contributed by atoms with Gasteiger partial charge in [-0.05, 0) is 44.4 Å². The molecule has 0 spiro atoms. The Morgan fingerprint density at radius 2 is 1.62 bits per heavy atom. The second-order valence-electron chi connectivity index (χ2n) is 7.95. The molecule has 0 amide bonds. The van der Waals surface area contributed by atoms with Gasteiger partial charge in [-0.2, -0.15) is 5.26 Å². The van der Waals surface area contributed by atoms with Gasteiger partial charge in [-0.25, -0.2) is 0 Å². The third-order valence-corrected chi connectivity index (χ3v) is 6.01. The molecule has 1 aliphatic heterocycles. The molecular weight excluding hydrogens is 298 g/mol. The molecule has 0 aromatic carbocycles. The zero-order valence-electron chi connectivity index (χ0n) is 15.8. The van der Waals surface area contributed by atoms with Crippen molar-refractivity contribution >= 4 is 0 Å². The predicted octanol–water partition coefficient (Wildman–Crippen LogP) is 5.69. The Bertz CT molecular complexity index is 363. The molecule has 2 fully saturated rings. The molecule has 3 nitrogen and oxygen atoms in total. The summed E-state index contributed by atoms with van der Waals surface area (Å²) in [5.41, 5.74) is 0. The molecule has 138 valence electrons. The third kappa shape index (κ3) is 6.05. The molecule has 2 aliphatic rings. The van der Waals surface area contributed by atoms with Gasteiger partial charge in [-0.1, -0.05) is 46.0 Å². The third-order valence-electron chi connectivity index (χ3n) is 6.01. The van der Waals surface area contributed by atoms with E-state index in [0.717, 1.165) is 19.6 Å². The molecule has 3 heteroatoms. The molecule has 0 radical (unpaired) electrons. The first kappa shape index (κ1) is 19.7. The van der Waals surface area contributed by atoms with E-state index >= 15 is 0 Å². The number of nitrogens with zero attached hydrogens (tertiary/aromatic N) is 1. The summed E-state index contributed by atoms with van der Waals surface area (Å²) in [6.45, 7) is 6.22. The minimum atomic E-state index is 0.0180. The summed E-state index contributed by atoms with van der Waals surface area (Å²) in [5.74, 6) is 2.01. The van der Waals surface area contributed by atoms with Crippen LogP contribution in [0.3, 0.4) is 0 Å². The average molecular weight is 336 g/mol. The zero-order chi connectivity index (χ0) is 17.2. The highest BCUT2D eigenvalue weighted by molar-refractivity contribution is 4.91. The van der Waals surface area contributed by atoms with Crippen LogP contribution in [-0.2, 0) is 9.47 Å². The van der Waals surface area contributed by atoms with Crippen molar-refractivity contribution in [3.05, 3.63) is 0 Å². The molecule has 0 aromatic heterocycles. The van der Waals surface area contributed by atoms with E-state index in [-0.39, 0.29) is 12.2 Å². The Kier molecular flexibility index (Phi) is 9.13. The van der Waals surface area contributed by atoms with Crippen LogP contribution >= 0.6 is 0 Å². The normalized spacial score (nSPS) is 32.2. The lowest BCUT2D eigenvalue weighted by Gasteiger charge is -2.38. The van der Waals surface area contributed by atoms with Gasteiger partial charge in [0.1, 0.15) is 0 Å². The Labute approximate surface area is 149 Å². The van der Waals surface area contributed by atoms with E-state index in [0.29, 0.717) is 17.8 Å². The first-order chi connectivity index (χ1) is 11.8. The highest BCUT2D eigenvalue weighted by Gasteiger charge is 2.34. The molecule has 1 atom stereocenters. The van der Waals surface area contributed by atoms with Crippen molar-refractivity contribution in [3.63, 3.8) is 0 Å². The van der Waals surface area contributed by atoms with Crippen molar-refractivity contribution in [2.75, 3.05) is 13.2 Å². The van der Waals surface area contributed by atoms with E-state index in [1.165, 1.54) is 64.2 Å². The van der Waals surface area contributed by atoms with Crippen LogP contribution in [-0.4, -0.2) is 19.5 Å². The minimum absolute atomic E-state index is 0.0180. The Morgan fingerprint density at radius 3 is 2.21 bits per heavy atom. The maximum Gasteiger partial charge on any atom is 0.160 e. The Hall–Kier alpha value is -0.590. The van der Waals surface area contributed by atoms with Crippen LogP contribution in [0.5, 0.6) is 0 Å². The summed E-state index contributed by atoms with van der Waals surface area (Å²) in [7, 11) is 0. The standard InChI is InChI=1S/C21H37NO2/c1-3-5-7-9-20(14-22)18-10-12-19(13-11-18)21-23-15-17(16-24-21)8-6-4-2/h17-21H,3-13,15-16H2,1-2H3. The van der Waals surface area contributed by atoms with E-state index in [4.69, 9.17) is 9.47 Å². The molecule has 1 saturated carbocycles. The van der Waals surface area contributed by atoms with Crippen LogP contribution in [0.1, 0.15) is 84.5 Å². The van der Waals surface area contributed by atoms with Crippen molar-refractivity contribution in [1.82, 2.24) is 0 Å². The number of ether oxygens (including phenoxy) is 2. The van der Waals surface area contributed by atoms with Crippen molar-refractivity contribution in [2.24, 2.45) is 23.7 Å². The van der Waals surface area contributed by atoms with Crippen LogP contribution in [0.4, 0.5) is 0 Å². The highest BCUT2D eigenvalue weighted by Crippen LogP contribution is 2.38. The quantitative estimate of drug-likeness (QED) is 0.508. The van der Waals surface area contributed by atoms with Gasteiger partial charge in [0.2, 0.25) is 0 Å². The topological polar surface area (TPSA) is 42.2 Å². The zero-order valence-corrected chi connectivity index (χ0v) is 15.8. The number of rotatable bonds is 9. The van der Waals surface area contributed by atoms with Gasteiger partial charge in [0.05, 0.1) is 19.3 Å².